The molecule has 0 atom stereocenters. The monoisotopic (exact) mass is 441 g/mol. The van der Waals surface area contributed by atoms with Crippen LogP contribution in [0.15, 0.2) is 34.1 Å². The molecule has 0 bridgehead atoms. The number of thiophene rings is 1. The van der Waals surface area contributed by atoms with Crippen LogP contribution in [0.2, 0.25) is 5.02 Å². The summed E-state index contributed by atoms with van der Waals surface area (Å²) in [4.78, 5) is 11.9. The zero-order chi connectivity index (χ0) is 12.4. The fourth-order valence-electron chi connectivity index (χ4n) is 1.21. The zero-order valence-electron chi connectivity index (χ0n) is 8.34. The first-order chi connectivity index (χ1) is 8.06. The number of anilines is 1. The van der Waals surface area contributed by atoms with Crippen LogP contribution in [0.1, 0.15) is 10.4 Å². The van der Waals surface area contributed by atoms with Crippen LogP contribution < -0.4 is 5.32 Å². The van der Waals surface area contributed by atoms with Gasteiger partial charge in [0.1, 0.15) is 0 Å². The molecule has 0 aliphatic rings. The number of rotatable bonds is 2. The molecule has 2 nitrogen and oxygen atoms in total. The molecule has 1 aromatic heterocycles. The summed E-state index contributed by atoms with van der Waals surface area (Å²) < 4.78 is 1.96. The van der Waals surface area contributed by atoms with E-state index in [1.165, 1.54) is 11.3 Å². The molecular weight excluding hydrogens is 436 g/mol. The van der Waals surface area contributed by atoms with E-state index < -0.39 is 0 Å². The van der Waals surface area contributed by atoms with Gasteiger partial charge in [-0.2, -0.15) is 0 Å². The van der Waals surface area contributed by atoms with Gasteiger partial charge in [0.15, 0.2) is 0 Å². The summed E-state index contributed by atoms with van der Waals surface area (Å²) in [7, 11) is 0. The maximum absolute atomic E-state index is 11.9. The summed E-state index contributed by atoms with van der Waals surface area (Å²) in [5, 5.41) is 5.11. The number of amides is 1. The number of carbonyl (C=O) groups excluding carboxylic acids is 1. The predicted octanol–water partition coefficient (Wildman–Crippen LogP) is 5.02. The van der Waals surface area contributed by atoms with Gasteiger partial charge in [-0.25, -0.2) is 0 Å². The maximum atomic E-state index is 11.9. The minimum Gasteiger partial charge on any atom is -0.321 e. The molecule has 2 rings (SSSR count). The van der Waals surface area contributed by atoms with Gasteiger partial charge in [0.05, 0.1) is 19.2 Å². The largest absolute Gasteiger partial charge is 0.321 e. The van der Waals surface area contributed by atoms with Crippen LogP contribution in [0.5, 0.6) is 0 Å². The van der Waals surface area contributed by atoms with Crippen molar-refractivity contribution in [2.45, 2.75) is 0 Å². The average Bonchev–Trinajstić information content (AvgIpc) is 2.69. The Bertz CT molecular complexity index is 572. The van der Waals surface area contributed by atoms with Crippen LogP contribution in [0.25, 0.3) is 0 Å². The first kappa shape index (κ1) is 13.3. The van der Waals surface area contributed by atoms with E-state index in [1.54, 1.807) is 12.1 Å². The summed E-state index contributed by atoms with van der Waals surface area (Å²) >= 11 is 13.1. The first-order valence-electron chi connectivity index (χ1n) is 4.56. The van der Waals surface area contributed by atoms with Gasteiger partial charge in [0.2, 0.25) is 0 Å². The van der Waals surface area contributed by atoms with Gasteiger partial charge >= 0.3 is 0 Å². The van der Waals surface area contributed by atoms with Gasteiger partial charge in [-0.3, -0.25) is 4.79 Å². The van der Waals surface area contributed by atoms with Crippen molar-refractivity contribution in [3.63, 3.8) is 0 Å². The van der Waals surface area contributed by atoms with Gasteiger partial charge in [-0.1, -0.05) is 27.5 Å². The molecule has 0 radical (unpaired) electrons. The second-order valence-electron chi connectivity index (χ2n) is 3.22. The van der Waals surface area contributed by atoms with Gasteiger partial charge in [-0.05, 0) is 46.9 Å². The van der Waals surface area contributed by atoms with Gasteiger partial charge < -0.3 is 5.32 Å². The zero-order valence-corrected chi connectivity index (χ0v) is 13.7. The van der Waals surface area contributed by atoms with Crippen molar-refractivity contribution in [2.75, 3.05) is 5.32 Å². The topological polar surface area (TPSA) is 29.1 Å². The molecule has 0 aliphatic carbocycles. The smallest absolute Gasteiger partial charge is 0.256 e. The number of nitrogens with one attached hydrogen (secondary N) is 1. The van der Waals surface area contributed by atoms with Crippen molar-refractivity contribution in [2.24, 2.45) is 0 Å². The Kier molecular flexibility index (Phi) is 4.46. The van der Waals surface area contributed by atoms with Crippen LogP contribution in [0, 0.1) is 2.88 Å². The fraction of sp³-hybridized carbons (Fsp3) is 0. The van der Waals surface area contributed by atoms with Gasteiger partial charge in [0, 0.05) is 9.85 Å². The molecule has 6 heteroatoms. The van der Waals surface area contributed by atoms with E-state index in [0.29, 0.717) is 16.3 Å². The van der Waals surface area contributed by atoms with E-state index in [2.05, 4.69) is 43.8 Å². The number of hydrogen-bond donors (Lipinski definition) is 1. The number of benzene rings is 1. The molecule has 0 saturated heterocycles. The highest BCUT2D eigenvalue weighted by molar-refractivity contribution is 14.1. The van der Waals surface area contributed by atoms with Crippen molar-refractivity contribution in [1.29, 1.82) is 0 Å². The van der Waals surface area contributed by atoms with Crippen LogP contribution in [0.4, 0.5) is 5.69 Å². The summed E-state index contributed by atoms with van der Waals surface area (Å²) in [5.41, 5.74) is 1.26. The quantitative estimate of drug-likeness (QED) is 0.650. The number of halogens is 3. The van der Waals surface area contributed by atoms with E-state index in [-0.39, 0.29) is 5.91 Å². The molecule has 0 fully saturated rings. The Morgan fingerprint density at radius 2 is 2.18 bits per heavy atom. The molecule has 0 unspecified atom stereocenters. The lowest BCUT2D eigenvalue weighted by atomic mass is 10.3. The Balaban J connectivity index is 2.18. The minimum atomic E-state index is -0.145. The molecule has 0 spiro atoms. The lowest BCUT2D eigenvalue weighted by Gasteiger charge is -2.06. The normalized spacial score (nSPS) is 10.3. The molecule has 0 aliphatic heterocycles. The highest BCUT2D eigenvalue weighted by atomic mass is 127. The fourth-order valence-corrected chi connectivity index (χ4v) is 3.26. The summed E-state index contributed by atoms with van der Waals surface area (Å²) in [6.45, 7) is 0. The predicted molar refractivity (Wildman–Crippen MR) is 84.1 cm³/mol. The van der Waals surface area contributed by atoms with E-state index in [0.717, 1.165) is 7.36 Å². The lowest BCUT2D eigenvalue weighted by Crippen LogP contribution is -2.11. The maximum Gasteiger partial charge on any atom is 0.256 e. The summed E-state index contributed by atoms with van der Waals surface area (Å²) in [6, 6.07) is 7.18. The summed E-state index contributed by atoms with van der Waals surface area (Å²) in [6.07, 6.45) is 0. The number of hydrogen-bond acceptors (Lipinski definition) is 2. The minimum absolute atomic E-state index is 0.145. The van der Waals surface area contributed by atoms with Crippen LogP contribution in [-0.4, -0.2) is 5.91 Å². The molecule has 1 heterocycles. The lowest BCUT2D eigenvalue weighted by molar-refractivity contribution is 0.102. The van der Waals surface area contributed by atoms with Gasteiger partial charge in [-0.15, -0.1) is 11.3 Å². The third-order valence-corrected chi connectivity index (χ3v) is 4.60. The molecule has 2 aromatic rings. The summed E-state index contributed by atoms with van der Waals surface area (Å²) in [5.74, 6) is -0.145. The van der Waals surface area contributed by atoms with Crippen molar-refractivity contribution >= 4 is 73.1 Å². The van der Waals surface area contributed by atoms with Crippen LogP contribution in [-0.2, 0) is 0 Å². The van der Waals surface area contributed by atoms with Crippen molar-refractivity contribution in [1.82, 2.24) is 0 Å². The second kappa shape index (κ2) is 5.69. The van der Waals surface area contributed by atoms with Crippen molar-refractivity contribution in [3.05, 3.63) is 47.6 Å². The van der Waals surface area contributed by atoms with E-state index in [4.69, 9.17) is 11.6 Å². The Morgan fingerprint density at radius 3 is 2.76 bits per heavy atom. The highest BCUT2D eigenvalue weighted by Crippen LogP contribution is 2.26. The second-order valence-corrected chi connectivity index (χ2v) is 7.35. The third kappa shape index (κ3) is 3.43. The Morgan fingerprint density at radius 1 is 1.41 bits per heavy atom. The molecule has 1 aromatic carbocycles. The van der Waals surface area contributed by atoms with Gasteiger partial charge in [0.25, 0.3) is 5.91 Å². The van der Waals surface area contributed by atoms with Crippen LogP contribution >= 0.6 is 61.5 Å². The Hall–Kier alpha value is -0.110. The number of carbonyl (C=O) groups is 1. The molecule has 1 amide bonds. The molecule has 0 saturated carbocycles. The third-order valence-electron chi connectivity index (χ3n) is 2.01. The van der Waals surface area contributed by atoms with Crippen molar-refractivity contribution in [3.8, 4) is 0 Å². The van der Waals surface area contributed by atoms with Crippen LogP contribution in [0.3, 0.4) is 0 Å². The molecule has 88 valence electrons. The van der Waals surface area contributed by atoms with Crippen molar-refractivity contribution < 1.29 is 4.79 Å². The standard InChI is InChI=1S/C11H6BrClINOS/c12-7-1-2-9(8(13)4-7)15-11(16)6-3-10(14)17-5-6/h1-5H,(H,15,16). The van der Waals surface area contributed by atoms with E-state index in [1.807, 2.05) is 17.5 Å². The molecule has 17 heavy (non-hydrogen) atoms. The van der Waals surface area contributed by atoms with E-state index >= 15 is 0 Å². The SMILES string of the molecule is O=C(Nc1ccc(Br)cc1Cl)c1csc(I)c1. The first-order valence-corrected chi connectivity index (χ1v) is 7.69. The Labute approximate surface area is 130 Å². The molecule has 1 N–H and O–H groups in total. The average molecular weight is 443 g/mol. The van der Waals surface area contributed by atoms with E-state index in [9.17, 15) is 4.79 Å². The highest BCUT2D eigenvalue weighted by Gasteiger charge is 2.10. The molecular formula is C11H6BrClINOS.